The van der Waals surface area contributed by atoms with Crippen LogP contribution in [0.5, 0.6) is 0 Å². The minimum Gasteiger partial charge on any atom is -0.258 e. The quantitative estimate of drug-likeness (QED) is 0.423. The second-order valence-corrected chi connectivity index (χ2v) is 5.28. The number of aromatic nitrogens is 3. The van der Waals surface area contributed by atoms with Crippen LogP contribution in [0.4, 0.5) is 5.69 Å². The molecule has 0 aliphatic heterocycles. The molecule has 116 valence electrons. The van der Waals surface area contributed by atoms with Gasteiger partial charge in [0.15, 0.2) is 5.65 Å². The van der Waals surface area contributed by atoms with Crippen LogP contribution in [0.25, 0.3) is 28.0 Å². The fourth-order valence-corrected chi connectivity index (χ4v) is 2.65. The molecule has 4 rings (SSSR count). The van der Waals surface area contributed by atoms with Crippen molar-refractivity contribution in [3.63, 3.8) is 0 Å². The summed E-state index contributed by atoms with van der Waals surface area (Å²) < 4.78 is 1.71. The summed E-state index contributed by atoms with van der Waals surface area (Å²) in [6.07, 6.45) is 1.26. The molecule has 6 nitrogen and oxygen atoms in total. The largest absolute Gasteiger partial charge is 0.288 e. The summed E-state index contributed by atoms with van der Waals surface area (Å²) in [6.45, 7) is 0. The molecule has 4 aromatic rings. The standard InChI is InChI=1S/C18H12N4O2/c23-22(24)15-11-16-17(13-7-3-1-4-8-13)20-21(18(16)19-12-15)14-9-5-2-6-10-14/h1-12H. The molecule has 0 saturated carbocycles. The van der Waals surface area contributed by atoms with Crippen molar-refractivity contribution in [3.05, 3.63) is 83.0 Å². The van der Waals surface area contributed by atoms with E-state index in [4.69, 9.17) is 0 Å². The molecule has 0 saturated heterocycles. The van der Waals surface area contributed by atoms with Crippen molar-refractivity contribution in [2.45, 2.75) is 0 Å². The average molecular weight is 316 g/mol. The average Bonchev–Trinajstić information content (AvgIpc) is 3.02. The minimum absolute atomic E-state index is 0.0488. The number of hydrogen-bond donors (Lipinski definition) is 0. The van der Waals surface area contributed by atoms with Crippen molar-refractivity contribution < 1.29 is 4.92 Å². The molecule has 0 atom stereocenters. The fourth-order valence-electron chi connectivity index (χ4n) is 2.65. The highest BCUT2D eigenvalue weighted by Crippen LogP contribution is 2.30. The minimum atomic E-state index is -0.443. The highest BCUT2D eigenvalue weighted by Gasteiger charge is 2.18. The lowest BCUT2D eigenvalue weighted by Crippen LogP contribution is -1.97. The number of rotatable bonds is 3. The van der Waals surface area contributed by atoms with Gasteiger partial charge < -0.3 is 0 Å². The molecule has 0 radical (unpaired) electrons. The van der Waals surface area contributed by atoms with Crippen molar-refractivity contribution in [2.24, 2.45) is 0 Å². The molecule has 0 N–H and O–H groups in total. The monoisotopic (exact) mass is 316 g/mol. The van der Waals surface area contributed by atoms with Crippen LogP contribution in [0.1, 0.15) is 0 Å². The Kier molecular flexibility index (Phi) is 3.28. The molecule has 6 heteroatoms. The first-order valence-corrected chi connectivity index (χ1v) is 7.38. The lowest BCUT2D eigenvalue weighted by molar-refractivity contribution is -0.385. The van der Waals surface area contributed by atoms with Gasteiger partial charge in [-0.25, -0.2) is 9.67 Å². The van der Waals surface area contributed by atoms with Gasteiger partial charge in [0.25, 0.3) is 5.69 Å². The predicted octanol–water partition coefficient (Wildman–Crippen LogP) is 4.00. The Bertz CT molecular complexity index is 1030. The molecule has 0 bridgehead atoms. The molecule has 2 heterocycles. The van der Waals surface area contributed by atoms with Gasteiger partial charge >= 0.3 is 0 Å². The Morgan fingerprint density at radius 2 is 1.62 bits per heavy atom. The van der Waals surface area contributed by atoms with Gasteiger partial charge in [0, 0.05) is 11.6 Å². The van der Waals surface area contributed by atoms with Gasteiger partial charge in [0.1, 0.15) is 11.9 Å². The molecule has 0 aliphatic rings. The van der Waals surface area contributed by atoms with Crippen molar-refractivity contribution >= 4 is 16.7 Å². The molecular weight excluding hydrogens is 304 g/mol. The maximum absolute atomic E-state index is 11.1. The summed E-state index contributed by atoms with van der Waals surface area (Å²) in [5, 5.41) is 16.4. The van der Waals surface area contributed by atoms with Gasteiger partial charge in [0.05, 0.1) is 16.0 Å². The van der Waals surface area contributed by atoms with Crippen molar-refractivity contribution in [2.75, 3.05) is 0 Å². The van der Waals surface area contributed by atoms with E-state index in [9.17, 15) is 10.1 Å². The topological polar surface area (TPSA) is 73.8 Å². The third kappa shape index (κ3) is 2.30. The molecular formula is C18H12N4O2. The van der Waals surface area contributed by atoms with Gasteiger partial charge in [-0.2, -0.15) is 5.10 Å². The zero-order chi connectivity index (χ0) is 16.5. The van der Waals surface area contributed by atoms with Crippen LogP contribution in [0.15, 0.2) is 72.9 Å². The van der Waals surface area contributed by atoms with Gasteiger partial charge in [0.2, 0.25) is 0 Å². The second kappa shape index (κ2) is 5.58. The van der Waals surface area contributed by atoms with E-state index in [2.05, 4.69) is 10.1 Å². The number of nitro groups is 1. The van der Waals surface area contributed by atoms with Gasteiger partial charge in [-0.15, -0.1) is 0 Å². The number of pyridine rings is 1. The molecule has 0 aliphatic carbocycles. The Morgan fingerprint density at radius 1 is 0.958 bits per heavy atom. The highest BCUT2D eigenvalue weighted by molar-refractivity contribution is 5.93. The Labute approximate surface area is 137 Å². The molecule has 0 spiro atoms. The first kappa shape index (κ1) is 14.1. The van der Waals surface area contributed by atoms with Crippen LogP contribution in [0, 0.1) is 10.1 Å². The fraction of sp³-hybridized carbons (Fsp3) is 0. The number of hydrogen-bond acceptors (Lipinski definition) is 4. The summed E-state index contributed by atoms with van der Waals surface area (Å²) in [5.41, 5.74) is 2.95. The smallest absolute Gasteiger partial charge is 0.258 e. The van der Waals surface area contributed by atoms with Crippen molar-refractivity contribution in [1.82, 2.24) is 14.8 Å². The van der Waals surface area contributed by atoms with E-state index in [0.29, 0.717) is 16.7 Å². The van der Waals surface area contributed by atoms with Crippen LogP contribution in [-0.2, 0) is 0 Å². The third-order valence-electron chi connectivity index (χ3n) is 3.77. The molecule has 0 unspecified atom stereocenters. The lowest BCUT2D eigenvalue weighted by Gasteiger charge is -2.01. The number of nitrogens with zero attached hydrogens (tertiary/aromatic N) is 4. The zero-order valence-corrected chi connectivity index (χ0v) is 12.5. The maximum atomic E-state index is 11.1. The van der Waals surface area contributed by atoms with Gasteiger partial charge in [-0.3, -0.25) is 10.1 Å². The van der Waals surface area contributed by atoms with Crippen molar-refractivity contribution in [1.29, 1.82) is 0 Å². The van der Waals surface area contributed by atoms with Crippen LogP contribution in [-0.4, -0.2) is 19.7 Å². The van der Waals surface area contributed by atoms with Crippen LogP contribution >= 0.6 is 0 Å². The lowest BCUT2D eigenvalue weighted by atomic mass is 10.1. The van der Waals surface area contributed by atoms with Crippen molar-refractivity contribution in [3.8, 4) is 16.9 Å². The Morgan fingerprint density at radius 3 is 2.29 bits per heavy atom. The summed E-state index contributed by atoms with van der Waals surface area (Å²) in [5.74, 6) is 0. The predicted molar refractivity (Wildman–Crippen MR) is 91.0 cm³/mol. The van der Waals surface area contributed by atoms with E-state index in [1.54, 1.807) is 4.68 Å². The zero-order valence-electron chi connectivity index (χ0n) is 12.5. The maximum Gasteiger partial charge on any atom is 0.288 e. The van der Waals surface area contributed by atoms with Gasteiger partial charge in [-0.1, -0.05) is 48.5 Å². The number of benzene rings is 2. The van der Waals surface area contributed by atoms with Gasteiger partial charge in [-0.05, 0) is 12.1 Å². The molecule has 24 heavy (non-hydrogen) atoms. The molecule has 2 aromatic heterocycles. The van der Waals surface area contributed by atoms with E-state index >= 15 is 0 Å². The third-order valence-corrected chi connectivity index (χ3v) is 3.77. The Balaban J connectivity index is 2.04. The van der Waals surface area contributed by atoms with E-state index in [1.165, 1.54) is 12.3 Å². The Hall–Kier alpha value is -3.54. The SMILES string of the molecule is O=[N+]([O-])c1cnc2c(c1)c(-c1ccccc1)nn2-c1ccccc1. The number of para-hydroxylation sites is 1. The molecule has 0 fully saturated rings. The summed E-state index contributed by atoms with van der Waals surface area (Å²) in [6, 6.07) is 20.7. The van der Waals surface area contributed by atoms with Crippen LogP contribution in [0.3, 0.4) is 0 Å². The summed E-state index contributed by atoms with van der Waals surface area (Å²) in [7, 11) is 0. The molecule has 0 amide bonds. The normalized spacial score (nSPS) is 10.8. The second-order valence-electron chi connectivity index (χ2n) is 5.28. The summed E-state index contributed by atoms with van der Waals surface area (Å²) >= 11 is 0. The number of fused-ring (bicyclic) bond motifs is 1. The van der Waals surface area contributed by atoms with E-state index in [1.807, 2.05) is 60.7 Å². The van der Waals surface area contributed by atoms with E-state index in [0.717, 1.165) is 11.3 Å². The first-order chi connectivity index (χ1) is 11.7. The molecule has 2 aromatic carbocycles. The first-order valence-electron chi connectivity index (χ1n) is 7.38. The highest BCUT2D eigenvalue weighted by atomic mass is 16.6. The van der Waals surface area contributed by atoms with E-state index < -0.39 is 4.92 Å². The van der Waals surface area contributed by atoms with Crippen LogP contribution in [0.2, 0.25) is 0 Å². The van der Waals surface area contributed by atoms with Crippen LogP contribution < -0.4 is 0 Å². The summed E-state index contributed by atoms with van der Waals surface area (Å²) in [4.78, 5) is 14.9. The van der Waals surface area contributed by atoms with E-state index in [-0.39, 0.29) is 5.69 Å².